The zero-order valence-corrected chi connectivity index (χ0v) is 17.1. The molecule has 0 atom stereocenters. The monoisotopic (exact) mass is 391 g/mol. The number of carbonyl (C=O) groups is 1. The van der Waals surface area contributed by atoms with Crippen molar-refractivity contribution in [1.29, 1.82) is 0 Å². The average Bonchev–Trinajstić information content (AvgIpc) is 2.68. The van der Waals surface area contributed by atoms with Gasteiger partial charge >= 0.3 is 5.97 Å². The van der Waals surface area contributed by atoms with Gasteiger partial charge in [0.05, 0.1) is 17.9 Å². The number of hydrogen-bond acceptors (Lipinski definition) is 7. The molecule has 0 aliphatic carbocycles. The van der Waals surface area contributed by atoms with E-state index in [1.165, 1.54) is 0 Å². The van der Waals surface area contributed by atoms with Crippen molar-refractivity contribution in [3.63, 3.8) is 0 Å². The number of aryl methyl sites for hydroxylation is 1. The summed E-state index contributed by atoms with van der Waals surface area (Å²) in [5, 5.41) is 6.43. The average molecular weight is 391 g/mol. The molecule has 1 aromatic heterocycles. The highest BCUT2D eigenvalue weighted by Crippen LogP contribution is 2.23. The number of ether oxygens (including phenoxy) is 1. The molecule has 3 aromatic rings. The number of esters is 1. The van der Waals surface area contributed by atoms with E-state index in [4.69, 9.17) is 4.74 Å². The van der Waals surface area contributed by atoms with E-state index in [0.29, 0.717) is 29.6 Å². The van der Waals surface area contributed by atoms with E-state index in [0.717, 1.165) is 17.1 Å². The van der Waals surface area contributed by atoms with Crippen LogP contribution in [0.3, 0.4) is 0 Å². The number of nitrogens with zero attached hydrogens (tertiary/aromatic N) is 3. The Kier molecular flexibility index (Phi) is 6.29. The molecule has 0 unspecified atom stereocenters. The van der Waals surface area contributed by atoms with Crippen LogP contribution in [0, 0.1) is 6.92 Å². The fourth-order valence-corrected chi connectivity index (χ4v) is 2.78. The van der Waals surface area contributed by atoms with Crippen molar-refractivity contribution in [2.75, 3.05) is 36.2 Å². The molecule has 0 saturated heterocycles. The number of nitrogens with one attached hydrogen (secondary N) is 2. The van der Waals surface area contributed by atoms with Gasteiger partial charge in [0.1, 0.15) is 5.82 Å². The topological polar surface area (TPSA) is 79.4 Å². The van der Waals surface area contributed by atoms with Crippen LogP contribution in [-0.2, 0) is 4.74 Å². The van der Waals surface area contributed by atoms with Gasteiger partial charge in [-0.2, -0.15) is 4.98 Å². The first-order chi connectivity index (χ1) is 14.0. The summed E-state index contributed by atoms with van der Waals surface area (Å²) in [6.07, 6.45) is 0. The van der Waals surface area contributed by atoms with Gasteiger partial charge in [-0.15, -0.1) is 0 Å². The van der Waals surface area contributed by atoms with Crippen LogP contribution in [0.2, 0.25) is 0 Å². The van der Waals surface area contributed by atoms with E-state index in [2.05, 4.69) is 20.6 Å². The number of carbonyl (C=O) groups excluding carboxylic acids is 1. The highest BCUT2D eigenvalue weighted by atomic mass is 16.5. The molecule has 7 heteroatoms. The lowest BCUT2D eigenvalue weighted by Crippen LogP contribution is -2.09. The molecule has 0 fully saturated rings. The first-order valence-corrected chi connectivity index (χ1v) is 9.39. The fraction of sp³-hybridized carbons (Fsp3) is 0.227. The van der Waals surface area contributed by atoms with Gasteiger partial charge in [-0.05, 0) is 50.2 Å². The quantitative estimate of drug-likeness (QED) is 0.574. The maximum absolute atomic E-state index is 12.2. The van der Waals surface area contributed by atoms with Crippen LogP contribution in [0.15, 0.2) is 54.6 Å². The molecule has 2 aromatic carbocycles. The van der Waals surface area contributed by atoms with Crippen LogP contribution in [0.1, 0.15) is 23.0 Å². The van der Waals surface area contributed by atoms with Crippen molar-refractivity contribution in [2.24, 2.45) is 0 Å². The summed E-state index contributed by atoms with van der Waals surface area (Å²) in [5.41, 5.74) is 3.87. The summed E-state index contributed by atoms with van der Waals surface area (Å²) in [7, 11) is 4.00. The number of rotatable bonds is 7. The first kappa shape index (κ1) is 20.1. The Balaban J connectivity index is 1.82. The van der Waals surface area contributed by atoms with Crippen molar-refractivity contribution >= 4 is 34.8 Å². The van der Waals surface area contributed by atoms with E-state index < -0.39 is 0 Å². The number of anilines is 5. The Labute approximate surface area is 170 Å². The van der Waals surface area contributed by atoms with Crippen molar-refractivity contribution in [3.05, 3.63) is 65.9 Å². The van der Waals surface area contributed by atoms with Gasteiger partial charge in [0, 0.05) is 37.2 Å². The predicted octanol–water partition coefficient (Wildman–Crippen LogP) is 4.51. The standard InChI is InChI=1S/C22H25N5O2/c1-5-29-21(28)18-8-6-7-9-19(18)25-22-23-15(2)14-20(26-22)24-16-10-12-17(13-11-16)27(3)4/h6-14H,5H2,1-4H3,(H2,23,24,25,26). The second-order valence-electron chi connectivity index (χ2n) is 6.68. The number of hydrogen-bond donors (Lipinski definition) is 2. The molecule has 0 spiro atoms. The summed E-state index contributed by atoms with van der Waals surface area (Å²) < 4.78 is 5.12. The van der Waals surface area contributed by atoms with Crippen LogP contribution in [-0.4, -0.2) is 36.6 Å². The van der Waals surface area contributed by atoms with Crippen LogP contribution in [0.4, 0.5) is 28.8 Å². The summed E-state index contributed by atoms with van der Waals surface area (Å²) in [6, 6.07) is 17.1. The minimum absolute atomic E-state index is 0.314. The Hall–Kier alpha value is -3.61. The number of para-hydroxylation sites is 1. The summed E-state index contributed by atoms with van der Waals surface area (Å²) in [4.78, 5) is 23.2. The van der Waals surface area contributed by atoms with Gasteiger partial charge in [-0.1, -0.05) is 12.1 Å². The van der Waals surface area contributed by atoms with E-state index in [1.807, 2.05) is 62.3 Å². The third-order valence-electron chi connectivity index (χ3n) is 4.18. The summed E-state index contributed by atoms with van der Waals surface area (Å²) >= 11 is 0. The molecule has 0 radical (unpaired) electrons. The maximum Gasteiger partial charge on any atom is 0.340 e. The molecule has 0 aliphatic heterocycles. The minimum Gasteiger partial charge on any atom is -0.462 e. The molecule has 2 N–H and O–H groups in total. The van der Waals surface area contributed by atoms with Gasteiger partial charge in [0.2, 0.25) is 5.95 Å². The van der Waals surface area contributed by atoms with Gasteiger partial charge in [-0.25, -0.2) is 9.78 Å². The lowest BCUT2D eigenvalue weighted by Gasteiger charge is -2.14. The maximum atomic E-state index is 12.2. The van der Waals surface area contributed by atoms with Crippen LogP contribution >= 0.6 is 0 Å². The Morgan fingerprint density at radius 2 is 1.76 bits per heavy atom. The molecular weight excluding hydrogens is 366 g/mol. The molecule has 0 bridgehead atoms. The second kappa shape index (κ2) is 9.05. The largest absolute Gasteiger partial charge is 0.462 e. The van der Waals surface area contributed by atoms with Gasteiger partial charge in [0.25, 0.3) is 0 Å². The van der Waals surface area contributed by atoms with E-state index >= 15 is 0 Å². The molecule has 0 amide bonds. The SMILES string of the molecule is CCOC(=O)c1ccccc1Nc1nc(C)cc(Nc2ccc(N(C)C)cc2)n1. The summed E-state index contributed by atoms with van der Waals surface area (Å²) in [5.74, 6) is 0.669. The Morgan fingerprint density at radius 1 is 1.03 bits per heavy atom. The zero-order valence-electron chi connectivity index (χ0n) is 17.1. The van der Waals surface area contributed by atoms with E-state index in [-0.39, 0.29) is 5.97 Å². The molecule has 3 rings (SSSR count). The lowest BCUT2D eigenvalue weighted by atomic mass is 10.2. The van der Waals surface area contributed by atoms with Crippen molar-refractivity contribution in [2.45, 2.75) is 13.8 Å². The Bertz CT molecular complexity index is 987. The van der Waals surface area contributed by atoms with E-state index in [1.54, 1.807) is 25.1 Å². The molecule has 29 heavy (non-hydrogen) atoms. The van der Waals surface area contributed by atoms with Gasteiger partial charge < -0.3 is 20.3 Å². The lowest BCUT2D eigenvalue weighted by molar-refractivity contribution is 0.0527. The van der Waals surface area contributed by atoms with Crippen LogP contribution in [0.25, 0.3) is 0 Å². The number of benzene rings is 2. The van der Waals surface area contributed by atoms with Crippen molar-refractivity contribution in [3.8, 4) is 0 Å². The zero-order chi connectivity index (χ0) is 20.8. The highest BCUT2D eigenvalue weighted by Gasteiger charge is 2.13. The van der Waals surface area contributed by atoms with Gasteiger partial charge in [-0.3, -0.25) is 0 Å². The molecule has 7 nitrogen and oxygen atoms in total. The highest BCUT2D eigenvalue weighted by molar-refractivity contribution is 5.96. The third kappa shape index (κ3) is 5.22. The van der Waals surface area contributed by atoms with Crippen molar-refractivity contribution in [1.82, 2.24) is 9.97 Å². The molecule has 150 valence electrons. The van der Waals surface area contributed by atoms with Crippen LogP contribution < -0.4 is 15.5 Å². The third-order valence-corrected chi connectivity index (χ3v) is 4.18. The smallest absolute Gasteiger partial charge is 0.340 e. The Morgan fingerprint density at radius 3 is 2.45 bits per heavy atom. The minimum atomic E-state index is -0.386. The van der Waals surface area contributed by atoms with Gasteiger partial charge in [0.15, 0.2) is 0 Å². The molecular formula is C22H25N5O2. The number of aromatic nitrogens is 2. The van der Waals surface area contributed by atoms with E-state index in [9.17, 15) is 4.79 Å². The predicted molar refractivity (Wildman–Crippen MR) is 117 cm³/mol. The molecule has 0 saturated carbocycles. The fourth-order valence-electron chi connectivity index (χ4n) is 2.78. The van der Waals surface area contributed by atoms with Crippen LogP contribution in [0.5, 0.6) is 0 Å². The second-order valence-corrected chi connectivity index (χ2v) is 6.68. The summed E-state index contributed by atoms with van der Waals surface area (Å²) in [6.45, 7) is 3.99. The van der Waals surface area contributed by atoms with Crippen molar-refractivity contribution < 1.29 is 9.53 Å². The first-order valence-electron chi connectivity index (χ1n) is 9.39. The normalized spacial score (nSPS) is 10.3. The molecule has 1 heterocycles. The molecule has 0 aliphatic rings.